The smallest absolute Gasteiger partial charge is 0.356 e. The number of sulfone groups is 1. The number of hydrogen-bond donors (Lipinski definition) is 1. The fourth-order valence-electron chi connectivity index (χ4n) is 2.48. The van der Waals surface area contributed by atoms with Crippen LogP contribution >= 0.6 is 0 Å². The zero-order valence-electron chi connectivity index (χ0n) is 13.3. The predicted octanol–water partition coefficient (Wildman–Crippen LogP) is 0.105. The summed E-state index contributed by atoms with van der Waals surface area (Å²) in [4.78, 5) is 25.3. The molecule has 1 aliphatic rings. The highest BCUT2D eigenvalue weighted by molar-refractivity contribution is 7.91. The molecule has 0 aliphatic carbocycles. The molecular formula is C13H20N4O5S. The highest BCUT2D eigenvalue weighted by atomic mass is 32.2. The molecule has 23 heavy (non-hydrogen) atoms. The maximum atomic E-state index is 12.3. The van der Waals surface area contributed by atoms with Gasteiger partial charge in [-0.2, -0.15) is 5.10 Å². The first-order chi connectivity index (χ1) is 10.7. The van der Waals surface area contributed by atoms with E-state index in [0.29, 0.717) is 6.54 Å². The normalized spacial score (nSPS) is 20.7. The van der Waals surface area contributed by atoms with E-state index in [0.717, 1.165) is 0 Å². The SMILES string of the molecule is COC(=O)c1cc(NC(=O)N2CCS(=O)(=O)CC(C)C2)nn1C. The maximum Gasteiger partial charge on any atom is 0.356 e. The van der Waals surface area contributed by atoms with Gasteiger partial charge in [0.05, 0.1) is 18.6 Å². The number of ether oxygens (including phenoxy) is 1. The minimum absolute atomic E-state index is 0.0552. The number of hydrogen-bond acceptors (Lipinski definition) is 6. The van der Waals surface area contributed by atoms with Crippen LogP contribution in [-0.2, 0) is 21.6 Å². The average molecular weight is 344 g/mol. The zero-order chi connectivity index (χ0) is 17.2. The number of aromatic nitrogens is 2. The van der Waals surface area contributed by atoms with E-state index in [2.05, 4.69) is 15.2 Å². The molecule has 2 amide bonds. The monoisotopic (exact) mass is 344 g/mol. The molecule has 1 aromatic heterocycles. The van der Waals surface area contributed by atoms with Crippen LogP contribution in [-0.4, -0.2) is 66.8 Å². The van der Waals surface area contributed by atoms with Crippen molar-refractivity contribution in [3.63, 3.8) is 0 Å². The molecule has 1 atom stereocenters. The molecular weight excluding hydrogens is 324 g/mol. The highest BCUT2D eigenvalue weighted by Crippen LogP contribution is 2.14. The first-order valence-electron chi connectivity index (χ1n) is 7.10. The van der Waals surface area contributed by atoms with E-state index < -0.39 is 21.8 Å². The average Bonchev–Trinajstić information content (AvgIpc) is 2.74. The summed E-state index contributed by atoms with van der Waals surface area (Å²) < 4.78 is 29.4. The van der Waals surface area contributed by atoms with Crippen molar-refractivity contribution in [3.05, 3.63) is 11.8 Å². The number of aryl methyl sites for hydroxylation is 1. The standard InChI is InChI=1S/C13H20N4O5S/c1-9-7-17(4-5-23(20,21)8-9)13(19)14-11-6-10(12(18)22-3)16(2)15-11/h6,9H,4-5,7-8H2,1-3H3,(H,14,15,19). The van der Waals surface area contributed by atoms with Gasteiger partial charge in [0, 0.05) is 26.2 Å². The van der Waals surface area contributed by atoms with Gasteiger partial charge >= 0.3 is 12.0 Å². The van der Waals surface area contributed by atoms with Gasteiger partial charge < -0.3 is 9.64 Å². The molecule has 128 valence electrons. The Bertz CT molecular complexity index is 712. The topological polar surface area (TPSA) is 111 Å². The van der Waals surface area contributed by atoms with Crippen LogP contribution in [0.2, 0.25) is 0 Å². The molecule has 1 saturated heterocycles. The van der Waals surface area contributed by atoms with Crippen LogP contribution in [0.4, 0.5) is 10.6 Å². The van der Waals surface area contributed by atoms with Crippen molar-refractivity contribution in [2.45, 2.75) is 6.92 Å². The fraction of sp³-hybridized carbons (Fsp3) is 0.615. The number of amides is 2. The minimum Gasteiger partial charge on any atom is -0.464 e. The van der Waals surface area contributed by atoms with Crippen molar-refractivity contribution < 1.29 is 22.7 Å². The van der Waals surface area contributed by atoms with Crippen molar-refractivity contribution in [1.29, 1.82) is 0 Å². The first kappa shape index (κ1) is 17.3. The van der Waals surface area contributed by atoms with E-state index in [-0.39, 0.29) is 35.5 Å². The molecule has 10 heteroatoms. The fourth-order valence-corrected chi connectivity index (χ4v) is 4.12. The van der Waals surface area contributed by atoms with Crippen LogP contribution in [0.1, 0.15) is 17.4 Å². The molecule has 0 spiro atoms. The van der Waals surface area contributed by atoms with E-state index in [1.165, 1.54) is 22.8 Å². The predicted molar refractivity (Wildman–Crippen MR) is 83.0 cm³/mol. The van der Waals surface area contributed by atoms with Crippen LogP contribution in [0.3, 0.4) is 0 Å². The van der Waals surface area contributed by atoms with Gasteiger partial charge in [-0.05, 0) is 5.92 Å². The van der Waals surface area contributed by atoms with Crippen LogP contribution in [0.25, 0.3) is 0 Å². The van der Waals surface area contributed by atoms with Gasteiger partial charge in [-0.25, -0.2) is 18.0 Å². The summed E-state index contributed by atoms with van der Waals surface area (Å²) in [5.74, 6) is -0.469. The Morgan fingerprint density at radius 3 is 2.78 bits per heavy atom. The molecule has 1 N–H and O–H groups in total. The van der Waals surface area contributed by atoms with Crippen molar-refractivity contribution in [2.24, 2.45) is 13.0 Å². The maximum absolute atomic E-state index is 12.3. The van der Waals surface area contributed by atoms with Gasteiger partial charge in [0.15, 0.2) is 15.7 Å². The van der Waals surface area contributed by atoms with Crippen LogP contribution in [0.15, 0.2) is 6.07 Å². The first-order valence-corrected chi connectivity index (χ1v) is 8.92. The number of carbonyl (C=O) groups is 2. The molecule has 9 nitrogen and oxygen atoms in total. The van der Waals surface area contributed by atoms with Crippen molar-refractivity contribution in [2.75, 3.05) is 37.0 Å². The number of urea groups is 1. The van der Waals surface area contributed by atoms with Gasteiger partial charge in [-0.15, -0.1) is 0 Å². The van der Waals surface area contributed by atoms with Gasteiger partial charge in [0.2, 0.25) is 0 Å². The zero-order valence-corrected chi connectivity index (χ0v) is 14.1. The second-order valence-corrected chi connectivity index (χ2v) is 7.85. The summed E-state index contributed by atoms with van der Waals surface area (Å²) in [5, 5.41) is 6.60. The van der Waals surface area contributed by atoms with Gasteiger partial charge in [0.25, 0.3) is 0 Å². The number of rotatable bonds is 2. The largest absolute Gasteiger partial charge is 0.464 e. The molecule has 0 radical (unpaired) electrons. The Kier molecular flexibility index (Phi) is 4.93. The summed E-state index contributed by atoms with van der Waals surface area (Å²) >= 11 is 0. The summed E-state index contributed by atoms with van der Waals surface area (Å²) in [6.45, 7) is 2.27. The molecule has 1 aromatic rings. The van der Waals surface area contributed by atoms with Crippen molar-refractivity contribution in [1.82, 2.24) is 14.7 Å². The Morgan fingerprint density at radius 1 is 1.43 bits per heavy atom. The number of nitrogens with zero attached hydrogens (tertiary/aromatic N) is 3. The van der Waals surface area contributed by atoms with Gasteiger partial charge in [-0.3, -0.25) is 10.00 Å². The van der Waals surface area contributed by atoms with E-state index >= 15 is 0 Å². The summed E-state index contributed by atoms with van der Waals surface area (Å²) in [6, 6.07) is 0.963. The van der Waals surface area contributed by atoms with Gasteiger partial charge in [0.1, 0.15) is 5.69 Å². The van der Waals surface area contributed by atoms with E-state index in [9.17, 15) is 18.0 Å². The van der Waals surface area contributed by atoms with Crippen LogP contribution in [0.5, 0.6) is 0 Å². The number of anilines is 1. The lowest BCUT2D eigenvalue weighted by molar-refractivity contribution is 0.0588. The lowest BCUT2D eigenvalue weighted by atomic mass is 10.2. The molecule has 2 heterocycles. The van der Waals surface area contributed by atoms with E-state index in [1.807, 2.05) is 0 Å². The summed E-state index contributed by atoms with van der Waals surface area (Å²) in [5.41, 5.74) is 0.203. The third-order valence-electron chi connectivity index (χ3n) is 3.54. The molecule has 1 aliphatic heterocycles. The number of nitrogens with one attached hydrogen (secondary N) is 1. The minimum atomic E-state index is -3.13. The highest BCUT2D eigenvalue weighted by Gasteiger charge is 2.27. The molecule has 0 bridgehead atoms. The summed E-state index contributed by atoms with van der Waals surface area (Å²) in [6.07, 6.45) is 0. The molecule has 1 unspecified atom stereocenters. The second kappa shape index (κ2) is 6.57. The number of carbonyl (C=O) groups excluding carboxylic acids is 2. The number of esters is 1. The Balaban J connectivity index is 2.08. The van der Waals surface area contributed by atoms with Crippen LogP contribution in [0, 0.1) is 5.92 Å². The Labute approximate surface area is 134 Å². The molecule has 0 aromatic carbocycles. The van der Waals surface area contributed by atoms with Crippen LogP contribution < -0.4 is 5.32 Å². The third kappa shape index (κ3) is 4.21. The lowest BCUT2D eigenvalue weighted by Gasteiger charge is -2.21. The lowest BCUT2D eigenvalue weighted by Crippen LogP contribution is -2.38. The second-order valence-electron chi connectivity index (χ2n) is 5.63. The Hall–Kier alpha value is -2.10. The summed E-state index contributed by atoms with van der Waals surface area (Å²) in [7, 11) is -0.313. The Morgan fingerprint density at radius 2 is 2.13 bits per heavy atom. The van der Waals surface area contributed by atoms with E-state index in [1.54, 1.807) is 14.0 Å². The molecule has 2 rings (SSSR count). The third-order valence-corrected chi connectivity index (χ3v) is 5.42. The van der Waals surface area contributed by atoms with Crippen molar-refractivity contribution in [3.8, 4) is 0 Å². The molecule has 0 saturated carbocycles. The quantitative estimate of drug-likeness (QED) is 0.762. The molecule has 1 fully saturated rings. The van der Waals surface area contributed by atoms with E-state index in [4.69, 9.17) is 0 Å². The van der Waals surface area contributed by atoms with Gasteiger partial charge in [-0.1, -0.05) is 6.92 Å². The van der Waals surface area contributed by atoms with Crippen molar-refractivity contribution >= 4 is 27.7 Å². The number of methoxy groups -OCH3 is 1.